The Morgan fingerprint density at radius 3 is 2.57 bits per heavy atom. The van der Waals surface area contributed by atoms with E-state index in [0.29, 0.717) is 0 Å². The van der Waals surface area contributed by atoms with Crippen LogP contribution in [0.3, 0.4) is 0 Å². The molecule has 2 unspecified atom stereocenters. The van der Waals surface area contributed by atoms with Crippen molar-refractivity contribution in [2.75, 3.05) is 31.1 Å². The average molecular weight is 310 g/mol. The number of thiazole rings is 1. The molecule has 6 heteroatoms. The topological polar surface area (TPSA) is 62.5 Å². The maximum absolute atomic E-state index is 12.4. The lowest BCUT2D eigenvalue weighted by Gasteiger charge is -2.36. The minimum Gasteiger partial charge on any atom is -0.345 e. The first-order chi connectivity index (χ1) is 10.1. The molecule has 1 saturated heterocycles. The molecule has 0 spiro atoms. The minimum absolute atomic E-state index is 0.0948. The van der Waals surface area contributed by atoms with Crippen LogP contribution in [-0.4, -0.2) is 48.0 Å². The van der Waals surface area contributed by atoms with Gasteiger partial charge in [0.2, 0.25) is 5.91 Å². The lowest BCUT2D eigenvalue weighted by molar-refractivity contribution is -0.134. The van der Waals surface area contributed by atoms with Gasteiger partial charge in [0.15, 0.2) is 5.13 Å². The Labute approximate surface area is 131 Å². The fraction of sp³-hybridized carbons (Fsp3) is 0.733. The molecule has 2 N–H and O–H groups in total. The van der Waals surface area contributed by atoms with E-state index in [4.69, 9.17) is 5.73 Å². The number of aryl methyl sites for hydroxylation is 1. The number of amides is 1. The van der Waals surface area contributed by atoms with E-state index >= 15 is 0 Å². The number of aromatic nitrogens is 1. The number of nitrogens with zero attached hydrogens (tertiary/aromatic N) is 3. The van der Waals surface area contributed by atoms with Gasteiger partial charge in [0.1, 0.15) is 0 Å². The molecule has 21 heavy (non-hydrogen) atoms. The highest BCUT2D eigenvalue weighted by atomic mass is 32.1. The summed E-state index contributed by atoms with van der Waals surface area (Å²) in [5, 5.41) is 1.07. The van der Waals surface area contributed by atoms with Crippen LogP contribution in [-0.2, 0) is 11.2 Å². The molecule has 0 aromatic carbocycles. The van der Waals surface area contributed by atoms with Gasteiger partial charge in [-0.3, -0.25) is 4.79 Å². The summed E-state index contributed by atoms with van der Waals surface area (Å²) in [6, 6.07) is -0.367. The molecule has 0 bridgehead atoms. The van der Waals surface area contributed by atoms with Gasteiger partial charge in [-0.25, -0.2) is 4.98 Å². The summed E-state index contributed by atoms with van der Waals surface area (Å²) in [4.78, 5) is 22.3. The normalized spacial score (nSPS) is 18.7. The summed E-state index contributed by atoms with van der Waals surface area (Å²) in [5.41, 5.74) is 6.05. The zero-order chi connectivity index (χ0) is 15.4. The van der Waals surface area contributed by atoms with Crippen LogP contribution < -0.4 is 10.6 Å². The molecule has 1 fully saturated rings. The van der Waals surface area contributed by atoms with Crippen molar-refractivity contribution in [2.45, 2.75) is 39.7 Å². The number of nitrogens with two attached hydrogens (primary N) is 1. The van der Waals surface area contributed by atoms with Crippen molar-refractivity contribution in [3.05, 3.63) is 11.1 Å². The van der Waals surface area contributed by atoms with Gasteiger partial charge in [0, 0.05) is 37.3 Å². The molecule has 2 rings (SSSR count). The molecule has 1 aliphatic rings. The predicted molar refractivity (Wildman–Crippen MR) is 87.7 cm³/mol. The predicted octanol–water partition coefficient (Wildman–Crippen LogP) is 1.73. The Morgan fingerprint density at radius 2 is 2.05 bits per heavy atom. The Kier molecular flexibility index (Phi) is 5.58. The van der Waals surface area contributed by atoms with Gasteiger partial charge in [-0.2, -0.15) is 0 Å². The number of hydrogen-bond acceptors (Lipinski definition) is 5. The van der Waals surface area contributed by atoms with Gasteiger partial charge < -0.3 is 15.5 Å². The minimum atomic E-state index is -0.367. The fourth-order valence-corrected chi connectivity index (χ4v) is 3.33. The van der Waals surface area contributed by atoms with Crippen LogP contribution in [0.25, 0.3) is 0 Å². The molecule has 1 amide bonds. The summed E-state index contributed by atoms with van der Waals surface area (Å²) >= 11 is 1.75. The van der Waals surface area contributed by atoms with Crippen molar-refractivity contribution in [1.29, 1.82) is 0 Å². The number of hydrogen-bond donors (Lipinski definition) is 1. The van der Waals surface area contributed by atoms with Gasteiger partial charge in [0.05, 0.1) is 6.04 Å². The third-order valence-corrected chi connectivity index (χ3v) is 5.50. The largest absolute Gasteiger partial charge is 0.345 e. The molecule has 118 valence electrons. The first kappa shape index (κ1) is 16.2. The third kappa shape index (κ3) is 3.74. The third-order valence-electron chi connectivity index (χ3n) is 4.29. The van der Waals surface area contributed by atoms with E-state index in [0.717, 1.165) is 44.2 Å². The maximum Gasteiger partial charge on any atom is 0.239 e. The van der Waals surface area contributed by atoms with Gasteiger partial charge in [-0.05, 0) is 12.3 Å². The lowest BCUT2D eigenvalue weighted by atomic mass is 9.98. The SMILES string of the molecule is CCc1cnc(N2CCN(C(=O)C(N)C(C)CC)CC2)s1. The van der Waals surface area contributed by atoms with E-state index in [1.807, 2.05) is 18.0 Å². The number of carbonyl (C=O) groups is 1. The van der Waals surface area contributed by atoms with Gasteiger partial charge >= 0.3 is 0 Å². The molecule has 0 saturated carbocycles. The molecular formula is C15H26N4OS. The summed E-state index contributed by atoms with van der Waals surface area (Å²) in [6.07, 6.45) is 3.92. The van der Waals surface area contributed by atoms with Crippen molar-refractivity contribution in [1.82, 2.24) is 9.88 Å². The highest BCUT2D eigenvalue weighted by Crippen LogP contribution is 2.24. The van der Waals surface area contributed by atoms with Crippen molar-refractivity contribution < 1.29 is 4.79 Å². The summed E-state index contributed by atoms with van der Waals surface area (Å²) in [6.45, 7) is 9.42. The van der Waals surface area contributed by atoms with Crippen LogP contribution in [0.5, 0.6) is 0 Å². The van der Waals surface area contributed by atoms with Gasteiger partial charge in [0.25, 0.3) is 0 Å². The molecule has 0 aliphatic carbocycles. The first-order valence-corrected chi connectivity index (χ1v) is 8.62. The second-order valence-electron chi connectivity index (χ2n) is 5.69. The van der Waals surface area contributed by atoms with Crippen LogP contribution in [0, 0.1) is 5.92 Å². The molecule has 5 nitrogen and oxygen atoms in total. The van der Waals surface area contributed by atoms with Crippen LogP contribution in [0.2, 0.25) is 0 Å². The van der Waals surface area contributed by atoms with Crippen LogP contribution in [0.1, 0.15) is 32.1 Å². The molecule has 1 aromatic heterocycles. The highest BCUT2D eigenvalue weighted by Gasteiger charge is 2.28. The number of carbonyl (C=O) groups excluding carboxylic acids is 1. The van der Waals surface area contributed by atoms with E-state index in [1.165, 1.54) is 4.88 Å². The zero-order valence-corrected chi connectivity index (χ0v) is 14.0. The Hall–Kier alpha value is -1.14. The second-order valence-corrected chi connectivity index (χ2v) is 6.78. The highest BCUT2D eigenvalue weighted by molar-refractivity contribution is 7.15. The molecular weight excluding hydrogens is 284 g/mol. The van der Waals surface area contributed by atoms with Gasteiger partial charge in [-0.1, -0.05) is 27.2 Å². The second kappa shape index (κ2) is 7.22. The smallest absolute Gasteiger partial charge is 0.239 e. The summed E-state index contributed by atoms with van der Waals surface area (Å²) in [5.74, 6) is 0.332. The van der Waals surface area contributed by atoms with Gasteiger partial charge in [-0.15, -0.1) is 11.3 Å². The fourth-order valence-electron chi connectivity index (χ4n) is 2.43. The quantitative estimate of drug-likeness (QED) is 0.899. The van der Waals surface area contributed by atoms with E-state index < -0.39 is 0 Å². The van der Waals surface area contributed by atoms with Crippen LogP contribution in [0.15, 0.2) is 6.20 Å². The van der Waals surface area contributed by atoms with E-state index in [-0.39, 0.29) is 17.9 Å². The van der Waals surface area contributed by atoms with Crippen LogP contribution in [0.4, 0.5) is 5.13 Å². The molecule has 1 aromatic rings. The van der Waals surface area contributed by atoms with Crippen molar-refractivity contribution in [2.24, 2.45) is 11.7 Å². The monoisotopic (exact) mass is 310 g/mol. The lowest BCUT2D eigenvalue weighted by Crippen LogP contribution is -2.54. The maximum atomic E-state index is 12.4. The standard InChI is InChI=1S/C15H26N4OS/c1-4-11(3)13(16)14(20)18-6-8-19(9-7-18)15-17-10-12(5-2)21-15/h10-11,13H,4-9,16H2,1-3H3. The Balaban J connectivity index is 1.89. The molecule has 2 atom stereocenters. The number of rotatable bonds is 5. The summed E-state index contributed by atoms with van der Waals surface area (Å²) in [7, 11) is 0. The number of piperazine rings is 1. The molecule has 1 aliphatic heterocycles. The Bertz CT molecular complexity index is 468. The van der Waals surface area contributed by atoms with E-state index in [2.05, 4.69) is 23.7 Å². The van der Waals surface area contributed by atoms with Crippen molar-refractivity contribution in [3.8, 4) is 0 Å². The van der Waals surface area contributed by atoms with Crippen molar-refractivity contribution >= 4 is 22.4 Å². The van der Waals surface area contributed by atoms with Crippen molar-refractivity contribution in [3.63, 3.8) is 0 Å². The molecule has 2 heterocycles. The van der Waals surface area contributed by atoms with E-state index in [1.54, 1.807) is 11.3 Å². The van der Waals surface area contributed by atoms with E-state index in [9.17, 15) is 4.79 Å². The first-order valence-electron chi connectivity index (χ1n) is 7.80. The zero-order valence-electron chi connectivity index (χ0n) is 13.2. The van der Waals surface area contributed by atoms with Crippen LogP contribution >= 0.6 is 11.3 Å². The summed E-state index contributed by atoms with van der Waals surface area (Å²) < 4.78 is 0. The average Bonchev–Trinajstić information content (AvgIpc) is 3.02. The Morgan fingerprint density at radius 1 is 1.38 bits per heavy atom. The number of anilines is 1. The molecule has 0 radical (unpaired) electrons.